The first kappa shape index (κ1) is 11.1. The summed E-state index contributed by atoms with van der Waals surface area (Å²) < 4.78 is 23.0. The van der Waals surface area contributed by atoms with Crippen LogP contribution in [-0.2, 0) is 14.9 Å². The molecule has 1 aromatic rings. The lowest BCUT2D eigenvalue weighted by atomic mass is 10.4. The monoisotopic (exact) mass is 215 g/mol. The second-order valence-corrected chi connectivity index (χ2v) is 4.83. The molecule has 1 aromatic heterocycles. The summed E-state index contributed by atoms with van der Waals surface area (Å²) >= 11 is 0. The Morgan fingerprint density at radius 3 is 2.64 bits per heavy atom. The number of sulfone groups is 1. The number of aromatic nitrogens is 2. The average Bonchev–Trinajstić information content (AvgIpc) is 2.19. The summed E-state index contributed by atoms with van der Waals surface area (Å²) in [5, 5.41) is 10.2. The first-order chi connectivity index (χ1) is 6.67. The van der Waals surface area contributed by atoms with Gasteiger partial charge in [0.2, 0.25) is 0 Å². The molecule has 77 valence electrons. The van der Waals surface area contributed by atoms with Crippen LogP contribution in [0.4, 0.5) is 0 Å². The maximum atomic E-state index is 11.5. The van der Waals surface area contributed by atoms with E-state index in [4.69, 9.17) is 0 Å². The van der Waals surface area contributed by atoms with Gasteiger partial charge in [-0.2, -0.15) is 0 Å². The van der Waals surface area contributed by atoms with Crippen molar-refractivity contribution in [3.8, 4) is 0 Å². The zero-order valence-electron chi connectivity index (χ0n) is 7.59. The highest BCUT2D eigenvalue weighted by atomic mass is 32.2. The fourth-order valence-corrected chi connectivity index (χ4v) is 2.23. The van der Waals surface area contributed by atoms with Crippen LogP contribution < -0.4 is 0 Å². The zero-order valence-corrected chi connectivity index (χ0v) is 8.40. The van der Waals surface area contributed by atoms with Crippen LogP contribution in [0.2, 0.25) is 0 Å². The molecule has 0 aromatic carbocycles. The highest BCUT2D eigenvalue weighted by Crippen LogP contribution is 2.07. The fourth-order valence-electron chi connectivity index (χ4n) is 0.961. The number of rotatable bonds is 5. The second-order valence-electron chi connectivity index (χ2n) is 2.78. The molecule has 0 saturated heterocycles. The molecule has 1 heterocycles. The topological polar surface area (TPSA) is 79.8 Å². The highest BCUT2D eigenvalue weighted by molar-refractivity contribution is 7.91. The number of unbranched alkanes of at least 4 members (excludes halogenated alkanes) is 1. The van der Waals surface area contributed by atoms with Crippen LogP contribution in [0.25, 0.3) is 0 Å². The van der Waals surface area contributed by atoms with Crippen molar-refractivity contribution in [2.75, 3.05) is 12.4 Å². The Hall–Kier alpha value is -1.01. The second kappa shape index (κ2) is 5.02. The molecular formula is C8H11N2O3S. The van der Waals surface area contributed by atoms with Gasteiger partial charge in [-0.1, -0.05) is 0 Å². The van der Waals surface area contributed by atoms with Gasteiger partial charge in [0.25, 0.3) is 0 Å². The molecule has 1 rings (SSSR count). The van der Waals surface area contributed by atoms with E-state index >= 15 is 0 Å². The van der Waals surface area contributed by atoms with Gasteiger partial charge >= 0.3 is 0 Å². The molecule has 0 bridgehead atoms. The minimum atomic E-state index is -3.32. The van der Waals surface area contributed by atoms with Gasteiger partial charge in [-0.3, -0.25) is 0 Å². The van der Waals surface area contributed by atoms with Crippen molar-refractivity contribution in [3.63, 3.8) is 0 Å². The van der Waals surface area contributed by atoms with Crippen LogP contribution in [0, 0.1) is 0 Å². The van der Waals surface area contributed by atoms with Gasteiger partial charge < -0.3 is 0 Å². The lowest BCUT2D eigenvalue weighted by molar-refractivity contribution is 0.188. The van der Waals surface area contributed by atoms with Crippen molar-refractivity contribution in [1.29, 1.82) is 0 Å². The van der Waals surface area contributed by atoms with Crippen molar-refractivity contribution in [3.05, 3.63) is 18.6 Å². The molecule has 0 N–H and O–H groups in total. The number of hydrogen-bond acceptors (Lipinski definition) is 4. The summed E-state index contributed by atoms with van der Waals surface area (Å²) in [5.74, 6) is -0.0216. The van der Waals surface area contributed by atoms with E-state index in [-0.39, 0.29) is 17.4 Å². The molecule has 0 saturated carbocycles. The van der Waals surface area contributed by atoms with Crippen molar-refractivity contribution in [2.45, 2.75) is 17.9 Å². The largest absolute Gasteiger partial charge is 0.245 e. The van der Waals surface area contributed by atoms with Crippen LogP contribution in [-0.4, -0.2) is 30.7 Å². The molecule has 0 aliphatic rings. The Morgan fingerprint density at radius 2 is 2.07 bits per heavy atom. The van der Waals surface area contributed by atoms with Crippen molar-refractivity contribution < 1.29 is 13.5 Å². The highest BCUT2D eigenvalue weighted by Gasteiger charge is 2.14. The van der Waals surface area contributed by atoms with Gasteiger partial charge in [0.05, 0.1) is 12.4 Å². The molecule has 0 amide bonds. The third kappa shape index (κ3) is 3.04. The standard InChI is InChI=1S/C8H11N2O3S/c11-5-1-2-6-14(12,13)8-3-4-9-7-10-8/h3-4,7H,1-2,5-6H2. The van der Waals surface area contributed by atoms with Crippen LogP contribution >= 0.6 is 0 Å². The Morgan fingerprint density at radius 1 is 1.29 bits per heavy atom. The van der Waals surface area contributed by atoms with Gasteiger partial charge in [-0.05, 0) is 18.9 Å². The number of hydrogen-bond donors (Lipinski definition) is 0. The number of nitrogens with zero attached hydrogens (tertiary/aromatic N) is 2. The van der Waals surface area contributed by atoms with E-state index in [0.717, 1.165) is 0 Å². The Labute approximate surface area is 82.8 Å². The molecule has 5 nitrogen and oxygen atoms in total. The van der Waals surface area contributed by atoms with Crippen LogP contribution in [0.3, 0.4) is 0 Å². The summed E-state index contributed by atoms with van der Waals surface area (Å²) in [4.78, 5) is 7.28. The van der Waals surface area contributed by atoms with Crippen molar-refractivity contribution >= 4 is 9.84 Å². The van der Waals surface area contributed by atoms with Gasteiger partial charge in [0.15, 0.2) is 14.9 Å². The zero-order chi connectivity index (χ0) is 10.4. The summed E-state index contributed by atoms with van der Waals surface area (Å²) in [7, 11) is -3.32. The molecular weight excluding hydrogens is 204 g/mol. The lowest BCUT2D eigenvalue weighted by Gasteiger charge is -2.01. The summed E-state index contributed by atoms with van der Waals surface area (Å²) in [5.41, 5.74) is 0. The van der Waals surface area contributed by atoms with E-state index in [0.29, 0.717) is 12.8 Å². The van der Waals surface area contributed by atoms with E-state index in [1.165, 1.54) is 18.6 Å². The predicted molar refractivity (Wildman–Crippen MR) is 48.9 cm³/mol. The van der Waals surface area contributed by atoms with E-state index in [2.05, 4.69) is 9.97 Å². The molecule has 0 aliphatic heterocycles. The molecule has 1 radical (unpaired) electrons. The van der Waals surface area contributed by atoms with Crippen LogP contribution in [0.5, 0.6) is 0 Å². The van der Waals surface area contributed by atoms with E-state index in [1.54, 1.807) is 0 Å². The smallest absolute Gasteiger partial charge is 0.195 e. The summed E-state index contributed by atoms with van der Waals surface area (Å²) in [6.45, 7) is -0.237. The Bertz CT molecular complexity index is 363. The summed E-state index contributed by atoms with van der Waals surface area (Å²) in [6, 6.07) is 1.35. The molecule has 0 fully saturated rings. The SMILES string of the molecule is [O]CCCCS(=O)(=O)c1ccncn1. The maximum Gasteiger partial charge on any atom is 0.195 e. The quantitative estimate of drug-likeness (QED) is 0.528. The molecule has 0 aliphatic carbocycles. The Balaban J connectivity index is 2.67. The third-order valence-electron chi connectivity index (χ3n) is 1.68. The minimum Gasteiger partial charge on any atom is -0.245 e. The predicted octanol–water partition coefficient (Wildman–Crippen LogP) is 0.461. The lowest BCUT2D eigenvalue weighted by Crippen LogP contribution is -2.09. The molecule has 6 heteroatoms. The maximum absolute atomic E-state index is 11.5. The fraction of sp³-hybridized carbons (Fsp3) is 0.500. The molecule has 0 atom stereocenters. The first-order valence-corrected chi connectivity index (χ1v) is 5.89. The van der Waals surface area contributed by atoms with Gasteiger partial charge in [0.1, 0.15) is 6.33 Å². The first-order valence-electron chi connectivity index (χ1n) is 4.24. The molecule has 0 spiro atoms. The molecule has 0 unspecified atom stereocenters. The summed E-state index contributed by atoms with van der Waals surface area (Å²) in [6.07, 6.45) is 3.34. The van der Waals surface area contributed by atoms with Crippen LogP contribution in [0.1, 0.15) is 12.8 Å². The minimum absolute atomic E-state index is 0.0216. The van der Waals surface area contributed by atoms with Crippen molar-refractivity contribution in [2.24, 2.45) is 0 Å². The average molecular weight is 215 g/mol. The Kier molecular flexibility index (Phi) is 3.97. The van der Waals surface area contributed by atoms with E-state index in [1.807, 2.05) is 0 Å². The normalized spacial score (nSPS) is 11.5. The van der Waals surface area contributed by atoms with Gasteiger partial charge in [0, 0.05) is 6.20 Å². The van der Waals surface area contributed by atoms with Gasteiger partial charge in [-0.15, -0.1) is 0 Å². The van der Waals surface area contributed by atoms with Crippen molar-refractivity contribution in [1.82, 2.24) is 9.97 Å². The molecule has 14 heavy (non-hydrogen) atoms. The van der Waals surface area contributed by atoms with E-state index < -0.39 is 9.84 Å². The van der Waals surface area contributed by atoms with Crippen LogP contribution in [0.15, 0.2) is 23.6 Å². The third-order valence-corrected chi connectivity index (χ3v) is 3.39. The van der Waals surface area contributed by atoms with E-state index in [9.17, 15) is 13.5 Å². The van der Waals surface area contributed by atoms with Gasteiger partial charge in [-0.25, -0.2) is 23.5 Å².